The Bertz CT molecular complexity index is 1130. The van der Waals surface area contributed by atoms with Gasteiger partial charge in [0.1, 0.15) is 11.8 Å². The largest absolute Gasteiger partial charge is 0.497 e. The van der Waals surface area contributed by atoms with E-state index in [1.165, 1.54) is 9.78 Å². The number of carbonyl (C=O) groups excluding carboxylic acids is 2. The molecular formula is C24H22ClN3O3S2. The first-order valence-corrected chi connectivity index (χ1v) is 12.0. The maximum Gasteiger partial charge on any atom is 0.256 e. The van der Waals surface area contributed by atoms with Gasteiger partial charge in [0.25, 0.3) is 5.91 Å². The van der Waals surface area contributed by atoms with Crippen LogP contribution in [-0.4, -0.2) is 41.5 Å². The SMILES string of the molecule is COc1ccc(N2C(=O)C(CC(=O)Nc3ccc(Cl)cc3)N(CCc3cccs3)C2=S)cc1. The van der Waals surface area contributed by atoms with Gasteiger partial charge >= 0.3 is 0 Å². The van der Waals surface area contributed by atoms with Gasteiger partial charge in [-0.25, -0.2) is 0 Å². The molecule has 0 spiro atoms. The van der Waals surface area contributed by atoms with Crippen molar-refractivity contribution in [3.05, 3.63) is 75.9 Å². The van der Waals surface area contributed by atoms with E-state index in [2.05, 4.69) is 11.4 Å². The number of hydrogen-bond acceptors (Lipinski definition) is 5. The fourth-order valence-electron chi connectivity index (χ4n) is 3.66. The summed E-state index contributed by atoms with van der Waals surface area (Å²) in [5.41, 5.74) is 1.27. The average molecular weight is 500 g/mol. The van der Waals surface area contributed by atoms with Gasteiger partial charge in [-0.3, -0.25) is 14.5 Å². The number of methoxy groups -OCH3 is 1. The molecule has 1 atom stereocenters. The summed E-state index contributed by atoms with van der Waals surface area (Å²) in [6.07, 6.45) is 0.718. The van der Waals surface area contributed by atoms with E-state index in [9.17, 15) is 9.59 Å². The summed E-state index contributed by atoms with van der Waals surface area (Å²) in [7, 11) is 1.59. The fourth-order valence-corrected chi connectivity index (χ4v) is 4.90. The Kier molecular flexibility index (Phi) is 7.27. The van der Waals surface area contributed by atoms with Crippen molar-refractivity contribution >= 4 is 63.5 Å². The lowest BCUT2D eigenvalue weighted by molar-refractivity contribution is -0.124. The summed E-state index contributed by atoms with van der Waals surface area (Å²) >= 11 is 13.3. The molecule has 2 amide bonds. The van der Waals surface area contributed by atoms with Crippen LogP contribution in [0.5, 0.6) is 5.75 Å². The van der Waals surface area contributed by atoms with Crippen LogP contribution in [-0.2, 0) is 16.0 Å². The molecule has 1 aliphatic rings. The van der Waals surface area contributed by atoms with Gasteiger partial charge in [-0.05, 0) is 78.6 Å². The lowest BCUT2D eigenvalue weighted by Gasteiger charge is -2.23. The molecule has 6 nitrogen and oxygen atoms in total. The fraction of sp³-hybridized carbons (Fsp3) is 0.208. The molecular weight excluding hydrogens is 478 g/mol. The van der Waals surface area contributed by atoms with Crippen LogP contribution in [0.25, 0.3) is 0 Å². The number of rotatable bonds is 8. The number of nitrogens with one attached hydrogen (secondary N) is 1. The van der Waals surface area contributed by atoms with Crippen LogP contribution in [0.2, 0.25) is 5.02 Å². The normalized spacial score (nSPS) is 15.8. The molecule has 2 aromatic carbocycles. The molecule has 0 bridgehead atoms. The first-order valence-electron chi connectivity index (χ1n) is 10.3. The second-order valence-corrected chi connectivity index (χ2v) is 9.29. The highest BCUT2D eigenvalue weighted by molar-refractivity contribution is 7.80. The minimum atomic E-state index is -0.688. The maximum atomic E-state index is 13.4. The van der Waals surface area contributed by atoms with Crippen molar-refractivity contribution in [2.75, 3.05) is 23.9 Å². The van der Waals surface area contributed by atoms with Gasteiger partial charge in [-0.15, -0.1) is 11.3 Å². The number of nitrogens with zero attached hydrogens (tertiary/aromatic N) is 2. The van der Waals surface area contributed by atoms with E-state index in [0.29, 0.717) is 33.8 Å². The van der Waals surface area contributed by atoms with Crippen molar-refractivity contribution in [3.8, 4) is 5.75 Å². The van der Waals surface area contributed by atoms with E-state index in [0.717, 1.165) is 6.42 Å². The highest BCUT2D eigenvalue weighted by Gasteiger charge is 2.43. The Morgan fingerprint density at radius 3 is 2.52 bits per heavy atom. The lowest BCUT2D eigenvalue weighted by atomic mass is 10.1. The summed E-state index contributed by atoms with van der Waals surface area (Å²) in [5, 5.41) is 5.83. The van der Waals surface area contributed by atoms with Gasteiger partial charge in [0.2, 0.25) is 5.91 Å². The number of thiophene rings is 1. The average Bonchev–Trinajstić information content (AvgIpc) is 3.41. The highest BCUT2D eigenvalue weighted by atomic mass is 35.5. The number of carbonyl (C=O) groups is 2. The third-order valence-electron chi connectivity index (χ3n) is 5.34. The number of hydrogen-bond donors (Lipinski definition) is 1. The zero-order valence-corrected chi connectivity index (χ0v) is 20.3. The summed E-state index contributed by atoms with van der Waals surface area (Å²) in [4.78, 5) is 30.8. The van der Waals surface area contributed by atoms with Crippen LogP contribution in [0.15, 0.2) is 66.0 Å². The highest BCUT2D eigenvalue weighted by Crippen LogP contribution is 2.29. The lowest BCUT2D eigenvalue weighted by Crippen LogP contribution is -2.39. The summed E-state index contributed by atoms with van der Waals surface area (Å²) in [6.45, 7) is 0.538. The molecule has 1 saturated heterocycles. The van der Waals surface area contributed by atoms with Gasteiger partial charge in [0, 0.05) is 22.1 Å². The predicted octanol–water partition coefficient (Wildman–Crippen LogP) is 4.98. The molecule has 0 radical (unpaired) electrons. The van der Waals surface area contributed by atoms with E-state index >= 15 is 0 Å². The second-order valence-electron chi connectivity index (χ2n) is 7.45. The Morgan fingerprint density at radius 1 is 1.15 bits per heavy atom. The summed E-state index contributed by atoms with van der Waals surface area (Å²) in [5.74, 6) is 0.198. The van der Waals surface area contributed by atoms with Crippen LogP contribution in [0, 0.1) is 0 Å². The van der Waals surface area contributed by atoms with Crippen molar-refractivity contribution in [3.63, 3.8) is 0 Å². The molecule has 9 heteroatoms. The molecule has 1 aliphatic heterocycles. The Labute approximate surface area is 206 Å². The van der Waals surface area contributed by atoms with Crippen molar-refractivity contribution in [1.29, 1.82) is 0 Å². The molecule has 4 rings (SSSR count). The molecule has 1 fully saturated rings. The van der Waals surface area contributed by atoms with E-state index in [1.807, 2.05) is 16.3 Å². The van der Waals surface area contributed by atoms with Crippen molar-refractivity contribution in [2.45, 2.75) is 18.9 Å². The van der Waals surface area contributed by atoms with Gasteiger partial charge in [0.05, 0.1) is 19.2 Å². The van der Waals surface area contributed by atoms with Crippen LogP contribution in [0.1, 0.15) is 11.3 Å². The summed E-state index contributed by atoms with van der Waals surface area (Å²) < 4.78 is 5.22. The quantitative estimate of drug-likeness (QED) is 0.443. The Morgan fingerprint density at radius 2 is 1.88 bits per heavy atom. The predicted molar refractivity (Wildman–Crippen MR) is 136 cm³/mol. The second kappa shape index (κ2) is 10.3. The van der Waals surface area contributed by atoms with Crippen molar-refractivity contribution in [1.82, 2.24) is 4.90 Å². The molecule has 1 aromatic heterocycles. The molecule has 1 N–H and O–H groups in total. The third-order valence-corrected chi connectivity index (χ3v) is 6.94. The van der Waals surface area contributed by atoms with Gasteiger partial charge in [-0.2, -0.15) is 0 Å². The summed E-state index contributed by atoms with van der Waals surface area (Å²) in [6, 6.07) is 17.3. The van der Waals surface area contributed by atoms with Crippen molar-refractivity contribution < 1.29 is 14.3 Å². The minimum absolute atomic E-state index is 0.0152. The van der Waals surface area contributed by atoms with Crippen LogP contribution in [0.4, 0.5) is 11.4 Å². The van der Waals surface area contributed by atoms with E-state index < -0.39 is 6.04 Å². The zero-order valence-electron chi connectivity index (χ0n) is 17.9. The van der Waals surface area contributed by atoms with Crippen LogP contribution in [0.3, 0.4) is 0 Å². The van der Waals surface area contributed by atoms with Crippen LogP contribution < -0.4 is 15.0 Å². The first-order chi connectivity index (χ1) is 16.0. The number of thiocarbonyl (C=S) groups is 1. The van der Waals surface area contributed by atoms with Crippen molar-refractivity contribution in [2.24, 2.45) is 0 Å². The number of halogens is 1. The number of anilines is 2. The molecule has 33 heavy (non-hydrogen) atoms. The maximum absolute atomic E-state index is 13.4. The van der Waals surface area contributed by atoms with Gasteiger partial charge in [-0.1, -0.05) is 17.7 Å². The monoisotopic (exact) mass is 499 g/mol. The number of amides is 2. The number of benzene rings is 2. The molecule has 0 saturated carbocycles. The molecule has 2 heterocycles. The molecule has 1 unspecified atom stereocenters. The Hall–Kier alpha value is -2.94. The standard InChI is InChI=1S/C24H22ClN3O3S2/c1-31-19-10-8-18(9-11-19)28-23(30)21(15-22(29)26-17-6-4-16(25)5-7-17)27(24(28)32)13-12-20-3-2-14-33-20/h2-11,14,21H,12-13,15H2,1H3,(H,26,29). The Balaban J connectivity index is 1.54. The van der Waals surface area contributed by atoms with Gasteiger partial charge in [0.15, 0.2) is 5.11 Å². The van der Waals surface area contributed by atoms with E-state index in [4.69, 9.17) is 28.6 Å². The smallest absolute Gasteiger partial charge is 0.256 e. The third kappa shape index (κ3) is 5.35. The molecule has 3 aromatic rings. The van der Waals surface area contributed by atoms with Crippen LogP contribution >= 0.6 is 35.2 Å². The van der Waals surface area contributed by atoms with E-state index in [1.54, 1.807) is 67.0 Å². The molecule has 170 valence electrons. The van der Waals surface area contributed by atoms with Gasteiger partial charge < -0.3 is 15.0 Å². The zero-order chi connectivity index (χ0) is 23.4. The number of ether oxygens (including phenoxy) is 1. The minimum Gasteiger partial charge on any atom is -0.497 e. The molecule has 0 aliphatic carbocycles. The topological polar surface area (TPSA) is 61.9 Å². The van der Waals surface area contributed by atoms with E-state index in [-0.39, 0.29) is 18.2 Å². The first kappa shape index (κ1) is 23.2.